The summed E-state index contributed by atoms with van der Waals surface area (Å²) >= 11 is 0. The summed E-state index contributed by atoms with van der Waals surface area (Å²) in [7, 11) is 0. The Labute approximate surface area is 213 Å². The summed E-state index contributed by atoms with van der Waals surface area (Å²) in [5.74, 6) is 1.38. The third kappa shape index (κ3) is 3.38. The van der Waals surface area contributed by atoms with Crippen LogP contribution in [0.1, 0.15) is 22.6 Å². The second kappa shape index (κ2) is 8.04. The highest BCUT2D eigenvalue weighted by Gasteiger charge is 2.33. The lowest BCUT2D eigenvalue weighted by atomic mass is 9.78. The van der Waals surface area contributed by atoms with Crippen LogP contribution in [0.5, 0.6) is 28.7 Å². The van der Waals surface area contributed by atoms with Crippen LogP contribution >= 0.6 is 0 Å². The summed E-state index contributed by atoms with van der Waals surface area (Å²) in [4.78, 5) is 0. The molecule has 0 aliphatic carbocycles. The highest BCUT2D eigenvalue weighted by molar-refractivity contribution is 5.95. The summed E-state index contributed by atoms with van der Waals surface area (Å²) in [6.45, 7) is 0. The minimum absolute atomic E-state index is 0.127. The zero-order chi connectivity index (χ0) is 25.1. The monoisotopic (exact) mass is 482 g/mol. The van der Waals surface area contributed by atoms with Gasteiger partial charge in [0.2, 0.25) is 0 Å². The van der Waals surface area contributed by atoms with E-state index in [9.17, 15) is 15.3 Å². The molecule has 1 unspecified atom stereocenters. The Morgan fingerprint density at radius 3 is 1.89 bits per heavy atom. The van der Waals surface area contributed by atoms with Crippen LogP contribution in [-0.2, 0) is 0 Å². The molecule has 3 N–H and O–H groups in total. The fourth-order valence-electron chi connectivity index (χ4n) is 5.57. The van der Waals surface area contributed by atoms with E-state index in [0.29, 0.717) is 17.1 Å². The van der Waals surface area contributed by atoms with Crippen molar-refractivity contribution in [1.82, 2.24) is 0 Å². The minimum atomic E-state index is -0.403. The van der Waals surface area contributed by atoms with Crippen molar-refractivity contribution in [1.29, 1.82) is 0 Å². The van der Waals surface area contributed by atoms with Gasteiger partial charge in [-0.25, -0.2) is 0 Å². The molecule has 1 aliphatic heterocycles. The van der Waals surface area contributed by atoms with Gasteiger partial charge in [0.15, 0.2) is 0 Å². The summed E-state index contributed by atoms with van der Waals surface area (Å²) in [6, 6.07) is 34.2. The Hall–Kier alpha value is -4.96. The molecule has 0 fully saturated rings. The number of ether oxygens (including phenoxy) is 1. The van der Waals surface area contributed by atoms with Gasteiger partial charge in [-0.15, -0.1) is 0 Å². The van der Waals surface area contributed by atoms with Gasteiger partial charge >= 0.3 is 0 Å². The van der Waals surface area contributed by atoms with Gasteiger partial charge in [-0.3, -0.25) is 0 Å². The van der Waals surface area contributed by atoms with Crippen molar-refractivity contribution in [3.8, 4) is 39.9 Å². The van der Waals surface area contributed by atoms with E-state index in [-0.39, 0.29) is 17.2 Å². The van der Waals surface area contributed by atoms with E-state index >= 15 is 0 Å². The summed E-state index contributed by atoms with van der Waals surface area (Å²) in [5.41, 5.74) is 4.55. The molecule has 0 aromatic heterocycles. The number of hydrogen-bond acceptors (Lipinski definition) is 4. The van der Waals surface area contributed by atoms with E-state index in [1.165, 1.54) is 0 Å². The topological polar surface area (TPSA) is 69.9 Å². The van der Waals surface area contributed by atoms with E-state index in [4.69, 9.17) is 4.74 Å². The van der Waals surface area contributed by atoms with Crippen LogP contribution in [0.4, 0.5) is 0 Å². The van der Waals surface area contributed by atoms with Gasteiger partial charge in [-0.1, -0.05) is 66.7 Å². The van der Waals surface area contributed by atoms with Crippen molar-refractivity contribution in [3.05, 3.63) is 126 Å². The Morgan fingerprint density at radius 1 is 0.514 bits per heavy atom. The third-order valence-corrected chi connectivity index (χ3v) is 7.26. The number of phenolic OH excluding ortho intramolecular Hbond substituents is 3. The Bertz CT molecular complexity index is 1780. The molecule has 0 bridgehead atoms. The van der Waals surface area contributed by atoms with Crippen molar-refractivity contribution in [2.75, 3.05) is 0 Å². The van der Waals surface area contributed by atoms with Crippen LogP contribution in [0, 0.1) is 0 Å². The number of aromatic hydroxyl groups is 3. The second-order valence-electron chi connectivity index (χ2n) is 9.44. The van der Waals surface area contributed by atoms with Crippen LogP contribution < -0.4 is 4.74 Å². The van der Waals surface area contributed by atoms with E-state index < -0.39 is 5.92 Å². The molecule has 1 atom stereocenters. The van der Waals surface area contributed by atoms with Crippen LogP contribution in [0.3, 0.4) is 0 Å². The molecular weight excluding hydrogens is 460 g/mol. The van der Waals surface area contributed by atoms with Crippen molar-refractivity contribution < 1.29 is 20.1 Å². The molecular formula is C33H22O4. The molecule has 0 saturated heterocycles. The SMILES string of the molecule is Oc1ccc2ccc(O)c(C3c4ccc(-c5ccccc5)cc4Oc4ccc5ccc(O)cc5c43)c2c1. The summed E-state index contributed by atoms with van der Waals surface area (Å²) in [6.07, 6.45) is 0. The predicted octanol–water partition coefficient (Wildman–Crippen LogP) is 8.06. The van der Waals surface area contributed by atoms with Gasteiger partial charge < -0.3 is 20.1 Å². The van der Waals surface area contributed by atoms with Gasteiger partial charge in [0.1, 0.15) is 28.7 Å². The first kappa shape index (κ1) is 21.3. The van der Waals surface area contributed by atoms with E-state index in [1.807, 2.05) is 60.7 Å². The lowest BCUT2D eigenvalue weighted by Gasteiger charge is -2.31. The molecule has 0 spiro atoms. The average Bonchev–Trinajstić information content (AvgIpc) is 2.92. The summed E-state index contributed by atoms with van der Waals surface area (Å²) in [5, 5.41) is 35.5. The lowest BCUT2D eigenvalue weighted by Crippen LogP contribution is -2.13. The zero-order valence-corrected chi connectivity index (χ0v) is 19.7. The largest absolute Gasteiger partial charge is 0.508 e. The number of rotatable bonds is 2. The highest BCUT2D eigenvalue weighted by atomic mass is 16.5. The quantitative estimate of drug-likeness (QED) is 0.233. The van der Waals surface area contributed by atoms with E-state index in [1.54, 1.807) is 30.3 Å². The van der Waals surface area contributed by atoms with Crippen LogP contribution in [0.2, 0.25) is 0 Å². The molecule has 6 aromatic rings. The zero-order valence-electron chi connectivity index (χ0n) is 19.7. The second-order valence-corrected chi connectivity index (χ2v) is 9.44. The number of benzene rings is 6. The van der Waals surface area contributed by atoms with E-state index in [2.05, 4.69) is 18.2 Å². The molecule has 178 valence electrons. The van der Waals surface area contributed by atoms with Crippen molar-refractivity contribution in [2.24, 2.45) is 0 Å². The normalized spacial score (nSPS) is 14.2. The highest BCUT2D eigenvalue weighted by Crippen LogP contribution is 2.54. The molecule has 37 heavy (non-hydrogen) atoms. The maximum Gasteiger partial charge on any atom is 0.132 e. The molecule has 0 saturated carbocycles. The molecule has 0 amide bonds. The van der Waals surface area contributed by atoms with Crippen molar-refractivity contribution in [3.63, 3.8) is 0 Å². The average molecular weight is 483 g/mol. The predicted molar refractivity (Wildman–Crippen MR) is 146 cm³/mol. The van der Waals surface area contributed by atoms with Crippen molar-refractivity contribution >= 4 is 21.5 Å². The Balaban J connectivity index is 1.57. The van der Waals surface area contributed by atoms with Crippen LogP contribution in [0.25, 0.3) is 32.7 Å². The third-order valence-electron chi connectivity index (χ3n) is 7.26. The number of phenols is 3. The smallest absolute Gasteiger partial charge is 0.132 e. The molecule has 4 heteroatoms. The molecule has 1 aliphatic rings. The van der Waals surface area contributed by atoms with E-state index in [0.717, 1.165) is 43.8 Å². The minimum Gasteiger partial charge on any atom is -0.508 e. The first-order valence-corrected chi connectivity index (χ1v) is 12.1. The summed E-state index contributed by atoms with van der Waals surface area (Å²) < 4.78 is 6.50. The molecule has 6 aromatic carbocycles. The Kier molecular flexibility index (Phi) is 4.63. The van der Waals surface area contributed by atoms with Gasteiger partial charge in [-0.2, -0.15) is 0 Å². The van der Waals surface area contributed by atoms with Gasteiger partial charge in [0, 0.05) is 22.6 Å². The van der Waals surface area contributed by atoms with Crippen LogP contribution in [-0.4, -0.2) is 15.3 Å². The Morgan fingerprint density at radius 2 is 1.16 bits per heavy atom. The first-order valence-electron chi connectivity index (χ1n) is 12.1. The van der Waals surface area contributed by atoms with Gasteiger partial charge in [-0.05, 0) is 75.1 Å². The molecule has 4 nitrogen and oxygen atoms in total. The first-order chi connectivity index (χ1) is 18.1. The fourth-order valence-corrected chi connectivity index (χ4v) is 5.57. The van der Waals surface area contributed by atoms with Gasteiger partial charge in [0.05, 0.1) is 0 Å². The maximum atomic E-state index is 11.3. The standard InChI is InChI=1S/C33H22O4/c34-23-11-6-20-9-14-28(36)31(26(20)17-23)33-25-13-8-22(19-4-2-1-3-5-19)16-30(25)37-29-15-10-21-7-12-24(35)18-27(21)32(29)33/h1-18,33-36H. The van der Waals surface area contributed by atoms with Crippen molar-refractivity contribution in [2.45, 2.75) is 5.92 Å². The lowest BCUT2D eigenvalue weighted by molar-refractivity contribution is 0.445. The maximum absolute atomic E-state index is 11.3. The molecule has 0 radical (unpaired) electrons. The fraction of sp³-hybridized carbons (Fsp3) is 0.0303. The van der Waals surface area contributed by atoms with Crippen LogP contribution in [0.15, 0.2) is 109 Å². The number of hydrogen-bond donors (Lipinski definition) is 3. The number of fused-ring (bicyclic) bond motifs is 5. The molecule has 1 heterocycles. The van der Waals surface area contributed by atoms with Gasteiger partial charge in [0.25, 0.3) is 0 Å². The molecule has 7 rings (SSSR count).